The first-order chi connectivity index (χ1) is 10.1. The van der Waals surface area contributed by atoms with Crippen LogP contribution in [0.5, 0.6) is 0 Å². The second-order valence-electron chi connectivity index (χ2n) is 5.05. The van der Waals surface area contributed by atoms with E-state index in [1.165, 1.54) is 10.7 Å². The molecule has 1 N–H and O–H groups in total. The summed E-state index contributed by atoms with van der Waals surface area (Å²) in [5, 5.41) is 20.6. The van der Waals surface area contributed by atoms with E-state index < -0.39 is 11.8 Å². The lowest BCUT2D eigenvalue weighted by Crippen LogP contribution is -2.18. The number of aromatic nitrogens is 4. The third kappa shape index (κ3) is 2.80. The van der Waals surface area contributed by atoms with Crippen LogP contribution in [-0.2, 0) is 4.79 Å². The summed E-state index contributed by atoms with van der Waals surface area (Å²) in [5.41, 5.74) is 0.510. The Labute approximate surface area is 128 Å². The molecule has 0 aliphatic heterocycles. The molecule has 1 atom stereocenters. The van der Waals surface area contributed by atoms with E-state index in [0.717, 1.165) is 12.8 Å². The standard InChI is InChI=1S/C13H12BrFN4O2/c14-12-8(2-1-3-9(12)15)13-16-17-18-19(13)10(6-11(20)21)7-4-5-7/h1-3,7,10H,4-6H2,(H,20,21). The van der Waals surface area contributed by atoms with Gasteiger partial charge in [0.2, 0.25) is 0 Å². The summed E-state index contributed by atoms with van der Waals surface area (Å²) in [6.07, 6.45) is 1.87. The van der Waals surface area contributed by atoms with Crippen LogP contribution < -0.4 is 0 Å². The average Bonchev–Trinajstić information content (AvgIpc) is 3.17. The Hall–Kier alpha value is -1.83. The molecule has 0 spiro atoms. The summed E-state index contributed by atoms with van der Waals surface area (Å²) in [6, 6.07) is 4.29. The summed E-state index contributed by atoms with van der Waals surface area (Å²) < 4.78 is 15.4. The Morgan fingerprint density at radius 1 is 1.52 bits per heavy atom. The van der Waals surface area contributed by atoms with Gasteiger partial charge in [0.1, 0.15) is 5.82 Å². The molecule has 1 saturated carbocycles. The molecule has 1 aliphatic rings. The Bertz CT molecular complexity index is 687. The van der Waals surface area contributed by atoms with E-state index in [1.807, 2.05) is 0 Å². The van der Waals surface area contributed by atoms with Crippen LogP contribution in [-0.4, -0.2) is 31.3 Å². The van der Waals surface area contributed by atoms with E-state index in [2.05, 4.69) is 31.5 Å². The maximum absolute atomic E-state index is 13.7. The molecule has 0 radical (unpaired) electrons. The molecule has 1 fully saturated rings. The molecule has 6 nitrogen and oxygen atoms in total. The Morgan fingerprint density at radius 2 is 2.29 bits per heavy atom. The number of rotatable bonds is 5. The van der Waals surface area contributed by atoms with Gasteiger partial charge in [-0.15, -0.1) is 5.10 Å². The molecule has 8 heteroatoms. The van der Waals surface area contributed by atoms with Gasteiger partial charge >= 0.3 is 5.97 Å². The second kappa shape index (κ2) is 5.51. The van der Waals surface area contributed by atoms with Crippen molar-refractivity contribution < 1.29 is 14.3 Å². The fourth-order valence-electron chi connectivity index (χ4n) is 2.38. The van der Waals surface area contributed by atoms with Crippen molar-refractivity contribution in [3.63, 3.8) is 0 Å². The molecule has 110 valence electrons. The highest BCUT2D eigenvalue weighted by Gasteiger charge is 2.36. The van der Waals surface area contributed by atoms with Gasteiger partial charge in [0.25, 0.3) is 0 Å². The molecule has 21 heavy (non-hydrogen) atoms. The molecule has 0 saturated heterocycles. The number of halogens is 2. The van der Waals surface area contributed by atoms with Gasteiger partial charge in [-0.25, -0.2) is 9.07 Å². The van der Waals surface area contributed by atoms with Crippen molar-refractivity contribution in [1.82, 2.24) is 20.2 Å². The number of nitrogens with zero attached hydrogens (tertiary/aromatic N) is 4. The maximum Gasteiger partial charge on any atom is 0.305 e. The van der Waals surface area contributed by atoms with Crippen molar-refractivity contribution in [1.29, 1.82) is 0 Å². The Balaban J connectivity index is 2.03. The van der Waals surface area contributed by atoms with Crippen LogP contribution in [0, 0.1) is 11.7 Å². The predicted molar refractivity (Wildman–Crippen MR) is 74.9 cm³/mol. The summed E-state index contributed by atoms with van der Waals surface area (Å²) in [6.45, 7) is 0. The van der Waals surface area contributed by atoms with Crippen LogP contribution in [0.15, 0.2) is 22.7 Å². The Morgan fingerprint density at radius 3 is 2.95 bits per heavy atom. The molecular formula is C13H12BrFN4O2. The van der Waals surface area contributed by atoms with Crippen molar-refractivity contribution in [3.8, 4) is 11.4 Å². The van der Waals surface area contributed by atoms with Gasteiger partial charge in [0.05, 0.1) is 16.9 Å². The summed E-state index contributed by atoms with van der Waals surface area (Å²) >= 11 is 3.19. The van der Waals surface area contributed by atoms with Gasteiger partial charge in [0, 0.05) is 5.56 Å². The van der Waals surface area contributed by atoms with Gasteiger partial charge in [0.15, 0.2) is 5.82 Å². The average molecular weight is 355 g/mol. The number of tetrazole rings is 1. The van der Waals surface area contributed by atoms with Crippen molar-refractivity contribution in [2.24, 2.45) is 5.92 Å². The molecule has 0 amide bonds. The van der Waals surface area contributed by atoms with Crippen LogP contribution in [0.1, 0.15) is 25.3 Å². The summed E-state index contributed by atoms with van der Waals surface area (Å²) in [7, 11) is 0. The molecule has 1 aromatic carbocycles. The zero-order chi connectivity index (χ0) is 15.0. The summed E-state index contributed by atoms with van der Waals surface area (Å²) in [4.78, 5) is 11.1. The van der Waals surface area contributed by atoms with Crippen LogP contribution in [0.4, 0.5) is 4.39 Å². The third-order valence-corrected chi connectivity index (χ3v) is 4.36. The minimum Gasteiger partial charge on any atom is -0.481 e. The monoisotopic (exact) mass is 354 g/mol. The second-order valence-corrected chi connectivity index (χ2v) is 5.84. The highest BCUT2D eigenvalue weighted by atomic mass is 79.9. The number of carbonyl (C=O) groups is 1. The van der Waals surface area contributed by atoms with Crippen LogP contribution >= 0.6 is 15.9 Å². The maximum atomic E-state index is 13.7. The van der Waals surface area contributed by atoms with Gasteiger partial charge < -0.3 is 5.11 Å². The zero-order valence-corrected chi connectivity index (χ0v) is 12.5. The highest BCUT2D eigenvalue weighted by Crippen LogP contribution is 2.43. The zero-order valence-electron chi connectivity index (χ0n) is 10.9. The van der Waals surface area contributed by atoms with Crippen molar-refractivity contribution in [2.75, 3.05) is 0 Å². The number of hydrogen-bond acceptors (Lipinski definition) is 4. The smallest absolute Gasteiger partial charge is 0.305 e. The fraction of sp³-hybridized carbons (Fsp3) is 0.385. The van der Waals surface area contributed by atoms with E-state index in [1.54, 1.807) is 12.1 Å². The first-order valence-corrected chi connectivity index (χ1v) is 7.31. The van der Waals surface area contributed by atoms with Crippen molar-refractivity contribution >= 4 is 21.9 Å². The van der Waals surface area contributed by atoms with Crippen LogP contribution in [0.3, 0.4) is 0 Å². The van der Waals surface area contributed by atoms with Gasteiger partial charge in [-0.05, 0) is 57.2 Å². The third-order valence-electron chi connectivity index (χ3n) is 3.55. The molecule has 2 aromatic rings. The SMILES string of the molecule is O=C(O)CC(C1CC1)n1nnnc1-c1cccc(F)c1Br. The number of aliphatic carboxylic acids is 1. The van der Waals surface area contributed by atoms with Gasteiger partial charge in [-0.3, -0.25) is 4.79 Å². The van der Waals surface area contributed by atoms with E-state index in [9.17, 15) is 9.18 Å². The number of hydrogen-bond donors (Lipinski definition) is 1. The number of benzene rings is 1. The van der Waals surface area contributed by atoms with Crippen LogP contribution in [0.2, 0.25) is 0 Å². The molecular weight excluding hydrogens is 343 g/mol. The van der Waals surface area contributed by atoms with Gasteiger partial charge in [-0.2, -0.15) is 0 Å². The van der Waals surface area contributed by atoms with E-state index in [4.69, 9.17) is 5.11 Å². The van der Waals surface area contributed by atoms with Crippen molar-refractivity contribution in [2.45, 2.75) is 25.3 Å². The fourth-order valence-corrected chi connectivity index (χ4v) is 2.83. The highest BCUT2D eigenvalue weighted by molar-refractivity contribution is 9.10. The topological polar surface area (TPSA) is 80.9 Å². The number of carboxylic acids is 1. The van der Waals surface area contributed by atoms with Gasteiger partial charge in [-0.1, -0.05) is 6.07 Å². The van der Waals surface area contributed by atoms with Crippen LogP contribution in [0.25, 0.3) is 11.4 Å². The lowest BCUT2D eigenvalue weighted by Gasteiger charge is -2.16. The van der Waals surface area contributed by atoms with Crippen molar-refractivity contribution in [3.05, 3.63) is 28.5 Å². The summed E-state index contributed by atoms with van der Waals surface area (Å²) in [5.74, 6) is -0.676. The number of carboxylic acid groups (broad SMARTS) is 1. The largest absolute Gasteiger partial charge is 0.481 e. The van der Waals surface area contributed by atoms with E-state index in [-0.39, 0.29) is 22.9 Å². The minimum atomic E-state index is -0.897. The quantitative estimate of drug-likeness (QED) is 0.892. The molecule has 1 unspecified atom stereocenters. The molecule has 1 aromatic heterocycles. The molecule has 3 rings (SSSR count). The van der Waals surface area contributed by atoms with E-state index in [0.29, 0.717) is 11.4 Å². The lowest BCUT2D eigenvalue weighted by molar-refractivity contribution is -0.138. The normalized spacial score (nSPS) is 15.9. The predicted octanol–water partition coefficient (Wildman–Crippen LogP) is 2.67. The first-order valence-electron chi connectivity index (χ1n) is 6.52. The lowest BCUT2D eigenvalue weighted by atomic mass is 10.1. The minimum absolute atomic E-state index is 0.0460. The first kappa shape index (κ1) is 14.1. The molecule has 0 bridgehead atoms. The molecule has 1 aliphatic carbocycles. The molecule has 1 heterocycles. The van der Waals surface area contributed by atoms with E-state index >= 15 is 0 Å². The Kier molecular flexibility index (Phi) is 3.71.